The van der Waals surface area contributed by atoms with Crippen LogP contribution >= 0.6 is 0 Å². The highest BCUT2D eigenvalue weighted by Gasteiger charge is 2.60. The fourth-order valence-electron chi connectivity index (χ4n) is 5.49. The molecule has 0 amide bonds. The third-order valence-electron chi connectivity index (χ3n) is 7.25. The highest BCUT2D eigenvalue weighted by atomic mass is 28.5. The van der Waals surface area contributed by atoms with Gasteiger partial charge in [-0.3, -0.25) is 0 Å². The molecule has 21 heteroatoms. The summed E-state index contributed by atoms with van der Waals surface area (Å²) in [4.78, 5) is 68.4. The maximum atomic E-state index is 12.5. The summed E-state index contributed by atoms with van der Waals surface area (Å²) in [5.41, 5.74) is 0. The lowest BCUT2D eigenvalue weighted by Crippen LogP contribution is -2.73. The highest BCUT2D eigenvalue weighted by molar-refractivity contribution is 6.97. The molecule has 0 saturated carbocycles. The van der Waals surface area contributed by atoms with Crippen LogP contribution in [0.25, 0.3) is 0 Å². The molecule has 2 atom stereocenters. The Balaban J connectivity index is 0.00000784. The molecule has 2 unspecified atom stereocenters. The first-order chi connectivity index (χ1) is 24.4. The zero-order valence-electron chi connectivity index (χ0n) is 31.1. The minimum atomic E-state index is -4.56. The van der Waals surface area contributed by atoms with E-state index in [4.69, 9.17) is 28.8 Å². The summed E-state index contributed by atoms with van der Waals surface area (Å²) in [6, 6.07) is 33.6. The first-order valence-electron chi connectivity index (χ1n) is 16.8. The van der Waals surface area contributed by atoms with Crippen molar-refractivity contribution in [1.82, 2.24) is 0 Å². The van der Waals surface area contributed by atoms with E-state index in [1.165, 1.54) is 0 Å². The monoisotopic (exact) mass is 882 g/mol. The Kier molecular flexibility index (Phi) is 15.2. The molecule has 0 heterocycles. The zero-order valence-corrected chi connectivity index (χ0v) is 39.1. The van der Waals surface area contributed by atoms with Crippen molar-refractivity contribution in [2.45, 2.75) is 59.8 Å². The van der Waals surface area contributed by atoms with Crippen molar-refractivity contribution in [3.05, 3.63) is 121 Å². The lowest BCUT2D eigenvalue weighted by molar-refractivity contribution is 0.167. The molecule has 6 N–H and O–H groups in total. The summed E-state index contributed by atoms with van der Waals surface area (Å²) in [6.07, 6.45) is 0. The van der Waals surface area contributed by atoms with E-state index in [0.717, 1.165) is 0 Å². The van der Waals surface area contributed by atoms with Gasteiger partial charge in [-0.1, -0.05) is 129 Å². The lowest BCUT2D eigenvalue weighted by Gasteiger charge is -2.45. The molecule has 0 aliphatic heterocycles. The number of rotatable bonds is 18. The molecular formula is C33H54O13Si8. The second-order valence-electron chi connectivity index (χ2n) is 14.2. The molecule has 13 nitrogen and oxygen atoms in total. The minimum absolute atomic E-state index is 0. The number of hydrogen-bond donors (Lipinski definition) is 6. The van der Waals surface area contributed by atoms with Gasteiger partial charge in [-0.2, -0.15) is 0 Å². The molecule has 296 valence electrons. The molecule has 0 aliphatic carbocycles. The summed E-state index contributed by atoms with van der Waals surface area (Å²) in [6.45, 7) is 12.8. The topological polar surface area (TPSA) is 186 Å². The van der Waals surface area contributed by atoms with Gasteiger partial charge in [-0.05, 0) is 52.4 Å². The minimum Gasteiger partial charge on any atom is -0.411 e. The molecule has 0 radical (unpaired) electrons. The maximum absolute atomic E-state index is 12.5. The summed E-state index contributed by atoms with van der Waals surface area (Å²) in [5, 5.41) is 1.16. The van der Waals surface area contributed by atoms with Crippen LogP contribution in [0.15, 0.2) is 121 Å². The van der Waals surface area contributed by atoms with E-state index in [0.29, 0.717) is 10.4 Å². The normalized spacial score (nSPS) is 15.5. The van der Waals surface area contributed by atoms with Crippen molar-refractivity contribution in [1.29, 1.82) is 0 Å². The van der Waals surface area contributed by atoms with E-state index in [1.807, 2.05) is 0 Å². The molecule has 4 rings (SSSR count). The van der Waals surface area contributed by atoms with E-state index in [9.17, 15) is 28.8 Å². The van der Waals surface area contributed by atoms with Gasteiger partial charge in [0.2, 0.25) is 0 Å². The molecule has 0 saturated heterocycles. The van der Waals surface area contributed by atoms with Gasteiger partial charge in [0.25, 0.3) is 0 Å². The number of benzene rings is 4. The van der Waals surface area contributed by atoms with Gasteiger partial charge in [0.15, 0.2) is 0 Å². The molecule has 0 aromatic heterocycles. The van der Waals surface area contributed by atoms with Crippen molar-refractivity contribution in [3.8, 4) is 0 Å². The van der Waals surface area contributed by atoms with Crippen molar-refractivity contribution < 1.29 is 57.6 Å². The Hall–Kier alpha value is -1.90. The predicted molar refractivity (Wildman–Crippen MR) is 225 cm³/mol. The van der Waals surface area contributed by atoms with Crippen LogP contribution in [0.3, 0.4) is 0 Å². The second-order valence-corrected chi connectivity index (χ2v) is 38.2. The highest BCUT2D eigenvalue weighted by Crippen LogP contribution is 2.30. The third kappa shape index (κ3) is 13.1. The summed E-state index contributed by atoms with van der Waals surface area (Å²) in [5.74, 6) is 0. The van der Waals surface area contributed by atoms with Crippen LogP contribution in [0, 0.1) is 0 Å². The van der Waals surface area contributed by atoms with Crippen molar-refractivity contribution in [3.63, 3.8) is 0 Å². The second kappa shape index (κ2) is 17.7. The molecule has 54 heavy (non-hydrogen) atoms. The molecule has 4 aromatic rings. The fourth-order valence-corrected chi connectivity index (χ4v) is 33.7. The Morgan fingerprint density at radius 1 is 0.333 bits per heavy atom. The fraction of sp³-hybridized carbons (Fsp3) is 0.273. The van der Waals surface area contributed by atoms with Gasteiger partial charge < -0.3 is 57.6 Å². The SMILES string of the molecule is C.C[Si](C)(O)O[Si](O[Si](C)(C)O[Si](O)(O)c1ccccc1)(O[Si](C)(C)O[Si](O)(O[Si](C)(C)O[Si](O)(O)c1ccccc1)c1ccccc1)c1ccccc1. The Morgan fingerprint density at radius 3 is 0.944 bits per heavy atom. The van der Waals surface area contributed by atoms with E-state index in [-0.39, 0.29) is 17.8 Å². The quantitative estimate of drug-likeness (QED) is 0.0798. The van der Waals surface area contributed by atoms with Crippen LogP contribution in [0.1, 0.15) is 7.43 Å². The number of hydrogen-bond acceptors (Lipinski definition) is 13. The van der Waals surface area contributed by atoms with E-state index in [2.05, 4.69) is 0 Å². The molecule has 0 spiro atoms. The molecule has 4 aromatic carbocycles. The average molecular weight is 883 g/mol. The van der Waals surface area contributed by atoms with E-state index < -0.39 is 69.5 Å². The Bertz CT molecular complexity index is 1750. The summed E-state index contributed by atoms with van der Waals surface area (Å²) >= 11 is 0. The zero-order chi connectivity index (χ0) is 39.4. The summed E-state index contributed by atoms with van der Waals surface area (Å²) in [7, 11) is -32.5. The van der Waals surface area contributed by atoms with Crippen LogP contribution in [-0.4, -0.2) is 98.2 Å². The van der Waals surface area contributed by atoms with Gasteiger partial charge in [-0.25, -0.2) is 0 Å². The average Bonchev–Trinajstić information content (AvgIpc) is 3.03. The largest absolute Gasteiger partial charge is 0.522 e. The van der Waals surface area contributed by atoms with Gasteiger partial charge in [-0.15, -0.1) is 0 Å². The van der Waals surface area contributed by atoms with Gasteiger partial charge in [0, 0.05) is 20.7 Å². The van der Waals surface area contributed by atoms with Crippen molar-refractivity contribution in [2.24, 2.45) is 0 Å². The van der Waals surface area contributed by atoms with Crippen LogP contribution < -0.4 is 20.7 Å². The smallest absolute Gasteiger partial charge is 0.411 e. The molecule has 0 aliphatic rings. The third-order valence-corrected chi connectivity index (χ3v) is 33.0. The van der Waals surface area contributed by atoms with Crippen LogP contribution in [0.2, 0.25) is 52.4 Å². The van der Waals surface area contributed by atoms with Crippen molar-refractivity contribution in [2.75, 3.05) is 0 Å². The summed E-state index contributed by atoms with van der Waals surface area (Å²) < 4.78 is 45.3. The first kappa shape index (κ1) is 46.5. The lowest BCUT2D eigenvalue weighted by atomic mass is 10.4. The van der Waals surface area contributed by atoms with Crippen molar-refractivity contribution >= 4 is 90.2 Å². The van der Waals surface area contributed by atoms with Crippen LogP contribution in [0.4, 0.5) is 0 Å². The van der Waals surface area contributed by atoms with Crippen LogP contribution in [-0.2, 0) is 28.8 Å². The molecule has 0 fully saturated rings. The maximum Gasteiger partial charge on any atom is 0.522 e. The Morgan fingerprint density at radius 2 is 0.611 bits per heavy atom. The van der Waals surface area contributed by atoms with Crippen LogP contribution in [0.5, 0.6) is 0 Å². The van der Waals surface area contributed by atoms with Gasteiger partial charge >= 0.3 is 69.5 Å². The molecular weight excluding hydrogens is 829 g/mol. The standard InChI is InChI=1S/C32H50O13Si8.CH4/c1-46(2,33)39-53(32-27-19-12-20-28-32,44-48(5,6)41-51(36,37)30-23-15-10-16-24-30)45-49(7,8)43-52(38,31-25-17-11-18-26-31)42-47(3,4)40-50(34,35)29-21-13-9-14-22-29;/h9-28,33-38H,1-8H3;1H4. The van der Waals surface area contributed by atoms with E-state index >= 15 is 0 Å². The molecule has 0 bridgehead atoms. The predicted octanol–water partition coefficient (Wildman–Crippen LogP) is 1.88. The van der Waals surface area contributed by atoms with Gasteiger partial charge in [0.05, 0.1) is 0 Å². The van der Waals surface area contributed by atoms with E-state index in [1.54, 1.807) is 174 Å². The Labute approximate surface area is 327 Å². The van der Waals surface area contributed by atoms with Gasteiger partial charge in [0.1, 0.15) is 0 Å². The first-order valence-corrected chi connectivity index (χ1v) is 35.2.